The van der Waals surface area contributed by atoms with Gasteiger partial charge in [0.1, 0.15) is 5.82 Å². The number of carbonyl (C=O) groups is 1. The highest BCUT2D eigenvalue weighted by Gasteiger charge is 2.21. The lowest BCUT2D eigenvalue weighted by Crippen LogP contribution is -2.35. The normalized spacial score (nSPS) is 13.2. The minimum absolute atomic E-state index is 0.201. The lowest BCUT2D eigenvalue weighted by Gasteiger charge is -2.26. The molecule has 0 saturated heterocycles. The molecule has 3 nitrogen and oxygen atoms in total. The van der Waals surface area contributed by atoms with Gasteiger partial charge in [-0.3, -0.25) is 4.79 Å². The van der Waals surface area contributed by atoms with Gasteiger partial charge in [0.2, 0.25) is 0 Å². The molecule has 0 saturated carbocycles. The van der Waals surface area contributed by atoms with E-state index in [-0.39, 0.29) is 17.1 Å². The smallest absolute Gasteiger partial charge is 0.251 e. The Morgan fingerprint density at radius 2 is 2.11 bits per heavy atom. The van der Waals surface area contributed by atoms with Crippen molar-refractivity contribution in [1.29, 1.82) is 0 Å². The van der Waals surface area contributed by atoms with E-state index >= 15 is 0 Å². The van der Waals surface area contributed by atoms with Gasteiger partial charge in [0, 0.05) is 12.1 Å². The number of aryl methyl sites for hydroxylation is 1. The zero-order chi connectivity index (χ0) is 14.6. The summed E-state index contributed by atoms with van der Waals surface area (Å²) in [7, 11) is 0. The van der Waals surface area contributed by atoms with Gasteiger partial charge >= 0.3 is 0 Å². The van der Waals surface area contributed by atoms with E-state index in [1.165, 1.54) is 6.07 Å². The molecule has 106 valence electrons. The molecule has 19 heavy (non-hydrogen) atoms. The maximum absolute atomic E-state index is 13.4. The van der Waals surface area contributed by atoms with Crippen molar-refractivity contribution in [3.63, 3.8) is 0 Å². The number of carbonyl (C=O) groups excluding carboxylic acids is 1. The maximum Gasteiger partial charge on any atom is 0.251 e. The van der Waals surface area contributed by atoms with Crippen molar-refractivity contribution in [1.82, 2.24) is 5.32 Å². The molecule has 1 unspecified atom stereocenters. The number of aliphatic hydroxyl groups is 1. The molecule has 0 bridgehead atoms. The largest absolute Gasteiger partial charge is 0.393 e. The van der Waals surface area contributed by atoms with E-state index in [1.54, 1.807) is 26.0 Å². The predicted octanol–water partition coefficient (Wildman–Crippen LogP) is 2.66. The first kappa shape index (κ1) is 15.6. The Morgan fingerprint density at radius 1 is 1.47 bits per heavy atom. The van der Waals surface area contributed by atoms with Gasteiger partial charge in [-0.05, 0) is 43.4 Å². The predicted molar refractivity (Wildman–Crippen MR) is 73.5 cm³/mol. The van der Waals surface area contributed by atoms with Crippen LogP contribution in [0.4, 0.5) is 4.39 Å². The van der Waals surface area contributed by atoms with E-state index in [0.29, 0.717) is 24.1 Å². The molecule has 4 heteroatoms. The Kier molecular flexibility index (Phi) is 5.06. The summed E-state index contributed by atoms with van der Waals surface area (Å²) in [5, 5.41) is 12.1. The standard InChI is InChI=1S/C15H22FNO2/c1-10-5-6-12(7-13(10)16)14(19)17-9-15(3,4)8-11(2)18/h5-7,11,18H,8-9H2,1-4H3,(H,17,19). The fraction of sp³-hybridized carbons (Fsp3) is 0.533. The van der Waals surface area contributed by atoms with Crippen molar-refractivity contribution in [2.24, 2.45) is 5.41 Å². The molecule has 0 aliphatic heterocycles. The van der Waals surface area contributed by atoms with E-state index in [1.807, 2.05) is 13.8 Å². The van der Waals surface area contributed by atoms with Gasteiger partial charge < -0.3 is 10.4 Å². The lowest BCUT2D eigenvalue weighted by atomic mass is 9.87. The number of nitrogens with one attached hydrogen (secondary N) is 1. The molecule has 1 aromatic rings. The van der Waals surface area contributed by atoms with Gasteiger partial charge in [-0.2, -0.15) is 0 Å². The summed E-state index contributed by atoms with van der Waals surface area (Å²) in [6.07, 6.45) is 0.180. The molecule has 0 aliphatic rings. The highest BCUT2D eigenvalue weighted by molar-refractivity contribution is 5.94. The number of rotatable bonds is 5. The van der Waals surface area contributed by atoms with Crippen molar-refractivity contribution in [3.05, 3.63) is 35.1 Å². The first-order valence-corrected chi connectivity index (χ1v) is 6.44. The third-order valence-corrected chi connectivity index (χ3v) is 3.01. The van der Waals surface area contributed by atoms with E-state index in [4.69, 9.17) is 0 Å². The molecule has 0 aromatic heterocycles. The molecule has 0 fully saturated rings. The average molecular weight is 267 g/mol. The van der Waals surface area contributed by atoms with Gasteiger partial charge in [-0.1, -0.05) is 19.9 Å². The minimum Gasteiger partial charge on any atom is -0.393 e. The van der Waals surface area contributed by atoms with Crippen molar-refractivity contribution in [3.8, 4) is 0 Å². The number of hydrogen-bond donors (Lipinski definition) is 2. The molecule has 0 spiro atoms. The van der Waals surface area contributed by atoms with Crippen LogP contribution in [0.1, 0.15) is 43.1 Å². The van der Waals surface area contributed by atoms with Crippen molar-refractivity contribution in [2.45, 2.75) is 40.2 Å². The Hall–Kier alpha value is -1.42. The Morgan fingerprint density at radius 3 is 2.63 bits per heavy atom. The van der Waals surface area contributed by atoms with Gasteiger partial charge in [0.25, 0.3) is 5.91 Å². The monoisotopic (exact) mass is 267 g/mol. The van der Waals surface area contributed by atoms with Crippen molar-refractivity contribution >= 4 is 5.91 Å². The van der Waals surface area contributed by atoms with Gasteiger partial charge in [0.15, 0.2) is 0 Å². The molecule has 1 aromatic carbocycles. The Labute approximate surface area is 113 Å². The van der Waals surface area contributed by atoms with E-state index in [0.717, 1.165) is 0 Å². The van der Waals surface area contributed by atoms with Crippen LogP contribution in [0.25, 0.3) is 0 Å². The summed E-state index contributed by atoms with van der Waals surface area (Å²) >= 11 is 0. The number of aliphatic hydroxyl groups excluding tert-OH is 1. The van der Waals surface area contributed by atoms with E-state index < -0.39 is 6.10 Å². The average Bonchev–Trinajstić information content (AvgIpc) is 2.28. The summed E-state index contributed by atoms with van der Waals surface area (Å²) in [6, 6.07) is 4.44. The molecule has 1 atom stereocenters. The summed E-state index contributed by atoms with van der Waals surface area (Å²) in [5.74, 6) is -0.673. The van der Waals surface area contributed by atoms with Crippen molar-refractivity contribution < 1.29 is 14.3 Å². The van der Waals surface area contributed by atoms with Gasteiger partial charge in [-0.25, -0.2) is 4.39 Å². The van der Waals surface area contributed by atoms with Crippen LogP contribution in [0.5, 0.6) is 0 Å². The fourth-order valence-electron chi connectivity index (χ4n) is 2.03. The van der Waals surface area contributed by atoms with E-state index in [9.17, 15) is 14.3 Å². The minimum atomic E-state index is -0.413. The number of hydrogen-bond acceptors (Lipinski definition) is 2. The zero-order valence-electron chi connectivity index (χ0n) is 12.0. The molecular weight excluding hydrogens is 245 g/mol. The molecule has 0 radical (unpaired) electrons. The third kappa shape index (κ3) is 4.99. The highest BCUT2D eigenvalue weighted by atomic mass is 19.1. The van der Waals surface area contributed by atoms with E-state index in [2.05, 4.69) is 5.32 Å². The molecule has 1 amide bonds. The molecule has 0 aliphatic carbocycles. The summed E-state index contributed by atoms with van der Waals surface area (Å²) in [6.45, 7) is 7.75. The van der Waals surface area contributed by atoms with Gasteiger partial charge in [0.05, 0.1) is 6.10 Å². The molecule has 1 rings (SSSR count). The van der Waals surface area contributed by atoms with Crippen LogP contribution in [-0.2, 0) is 0 Å². The Balaban J connectivity index is 2.62. The summed E-state index contributed by atoms with van der Waals surface area (Å²) in [5.41, 5.74) is 0.634. The molecule has 2 N–H and O–H groups in total. The fourth-order valence-corrected chi connectivity index (χ4v) is 2.03. The first-order chi connectivity index (χ1) is 8.71. The topological polar surface area (TPSA) is 49.3 Å². The van der Waals surface area contributed by atoms with Crippen LogP contribution in [0.15, 0.2) is 18.2 Å². The molecule has 0 heterocycles. The number of halogens is 1. The second-order valence-electron chi connectivity index (χ2n) is 5.86. The second kappa shape index (κ2) is 6.15. The highest BCUT2D eigenvalue weighted by Crippen LogP contribution is 2.21. The third-order valence-electron chi connectivity index (χ3n) is 3.01. The SMILES string of the molecule is Cc1ccc(C(=O)NCC(C)(C)CC(C)O)cc1F. The summed E-state index contributed by atoms with van der Waals surface area (Å²) < 4.78 is 13.4. The first-order valence-electron chi connectivity index (χ1n) is 6.44. The van der Waals surface area contributed by atoms with Crippen LogP contribution < -0.4 is 5.32 Å². The summed E-state index contributed by atoms with van der Waals surface area (Å²) in [4.78, 5) is 11.9. The maximum atomic E-state index is 13.4. The quantitative estimate of drug-likeness (QED) is 0.861. The van der Waals surface area contributed by atoms with Gasteiger partial charge in [-0.15, -0.1) is 0 Å². The van der Waals surface area contributed by atoms with Crippen LogP contribution in [-0.4, -0.2) is 23.7 Å². The van der Waals surface area contributed by atoms with Crippen LogP contribution in [0.3, 0.4) is 0 Å². The Bertz CT molecular complexity index is 455. The lowest BCUT2D eigenvalue weighted by molar-refractivity contribution is 0.0901. The van der Waals surface area contributed by atoms with Crippen molar-refractivity contribution in [2.75, 3.05) is 6.54 Å². The van der Waals surface area contributed by atoms with Crippen LogP contribution in [0, 0.1) is 18.2 Å². The number of amides is 1. The second-order valence-corrected chi connectivity index (χ2v) is 5.86. The number of benzene rings is 1. The zero-order valence-corrected chi connectivity index (χ0v) is 12.0. The van der Waals surface area contributed by atoms with Crippen LogP contribution in [0.2, 0.25) is 0 Å². The van der Waals surface area contributed by atoms with Crippen LogP contribution >= 0.6 is 0 Å². The molecular formula is C15H22FNO2.